The largest absolute Gasteiger partial charge is 0.490 e. The summed E-state index contributed by atoms with van der Waals surface area (Å²) in [5.74, 6) is -0.311. The number of ether oxygens (including phenoxy) is 2. The molecule has 23 heavy (non-hydrogen) atoms. The molecule has 0 aliphatic heterocycles. The number of hydrogen-bond donors (Lipinski definition) is 2. The fourth-order valence-corrected chi connectivity index (χ4v) is 2.17. The Labute approximate surface area is 135 Å². The number of unbranched alkanes of at least 4 members (excludes halogenated alkanes) is 1. The minimum absolute atomic E-state index is 0.365. The molecule has 0 aromatic heterocycles. The van der Waals surface area contributed by atoms with Gasteiger partial charge in [-0.3, -0.25) is 4.79 Å². The molecule has 6 heteroatoms. The molecule has 1 aliphatic rings. The number of hydrogen-bond acceptors (Lipinski definition) is 4. The molecule has 0 radical (unpaired) electrons. The van der Waals surface area contributed by atoms with E-state index in [1.165, 1.54) is 0 Å². The second kappa shape index (κ2) is 7.35. The Hall–Kier alpha value is -2.24. The van der Waals surface area contributed by atoms with E-state index in [2.05, 4.69) is 12.2 Å². The first-order valence-electron chi connectivity index (χ1n) is 7.98. The Morgan fingerprint density at radius 2 is 1.96 bits per heavy atom. The third kappa shape index (κ3) is 4.15. The number of aliphatic carboxylic acids is 1. The second-order valence-electron chi connectivity index (χ2n) is 5.64. The maximum atomic E-state index is 12.3. The number of rotatable bonds is 9. The smallest absolute Gasteiger partial charge is 0.329 e. The zero-order valence-electron chi connectivity index (χ0n) is 13.6. The molecule has 2 N–H and O–H groups in total. The van der Waals surface area contributed by atoms with Gasteiger partial charge >= 0.3 is 5.97 Å². The van der Waals surface area contributed by atoms with E-state index in [1.54, 1.807) is 18.2 Å². The Morgan fingerprint density at radius 1 is 1.22 bits per heavy atom. The fourth-order valence-electron chi connectivity index (χ4n) is 2.17. The van der Waals surface area contributed by atoms with Crippen LogP contribution in [0.4, 0.5) is 0 Å². The fraction of sp³-hybridized carbons (Fsp3) is 0.529. The van der Waals surface area contributed by atoms with E-state index in [9.17, 15) is 9.59 Å². The molecule has 0 unspecified atom stereocenters. The molecule has 1 saturated carbocycles. The van der Waals surface area contributed by atoms with Crippen LogP contribution in [0, 0.1) is 0 Å². The van der Waals surface area contributed by atoms with Gasteiger partial charge in [-0.2, -0.15) is 0 Å². The summed E-state index contributed by atoms with van der Waals surface area (Å²) in [5, 5.41) is 11.7. The summed E-state index contributed by atoms with van der Waals surface area (Å²) in [5.41, 5.74) is -0.733. The first-order valence-corrected chi connectivity index (χ1v) is 7.98. The van der Waals surface area contributed by atoms with E-state index in [0.29, 0.717) is 43.1 Å². The number of carboxylic acids is 1. The van der Waals surface area contributed by atoms with Crippen LogP contribution in [0.5, 0.6) is 11.5 Å². The topological polar surface area (TPSA) is 84.9 Å². The molecule has 0 spiro atoms. The molecule has 0 saturated heterocycles. The predicted molar refractivity (Wildman–Crippen MR) is 85.1 cm³/mol. The number of nitrogens with one attached hydrogen (secondary N) is 1. The molecule has 126 valence electrons. The Balaban J connectivity index is 2.11. The van der Waals surface area contributed by atoms with Crippen molar-refractivity contribution < 1.29 is 24.2 Å². The van der Waals surface area contributed by atoms with Crippen molar-refractivity contribution in [2.45, 2.75) is 45.1 Å². The molecule has 0 heterocycles. The van der Waals surface area contributed by atoms with E-state index in [4.69, 9.17) is 14.6 Å². The van der Waals surface area contributed by atoms with Crippen molar-refractivity contribution >= 4 is 11.9 Å². The average molecular weight is 321 g/mol. The lowest BCUT2D eigenvalue weighted by atomic mass is 10.1. The molecule has 1 amide bonds. The summed E-state index contributed by atoms with van der Waals surface area (Å²) in [6.07, 6.45) is 2.89. The quantitative estimate of drug-likeness (QED) is 0.683. The van der Waals surface area contributed by atoms with Gasteiger partial charge in [-0.15, -0.1) is 0 Å². The highest BCUT2D eigenvalue weighted by atomic mass is 16.5. The lowest BCUT2D eigenvalue weighted by Gasteiger charge is -2.15. The number of amides is 1. The van der Waals surface area contributed by atoms with Gasteiger partial charge in [-0.1, -0.05) is 13.3 Å². The molecular formula is C17H23NO5. The van der Waals surface area contributed by atoms with E-state index in [0.717, 1.165) is 12.8 Å². The maximum Gasteiger partial charge on any atom is 0.329 e. The van der Waals surface area contributed by atoms with Gasteiger partial charge in [-0.05, 0) is 44.4 Å². The van der Waals surface area contributed by atoms with Crippen molar-refractivity contribution in [1.29, 1.82) is 0 Å². The van der Waals surface area contributed by atoms with E-state index < -0.39 is 17.4 Å². The van der Waals surface area contributed by atoms with Crippen LogP contribution in [0.2, 0.25) is 0 Å². The summed E-state index contributed by atoms with van der Waals surface area (Å²) in [6.45, 7) is 4.97. The van der Waals surface area contributed by atoms with Gasteiger partial charge in [-0.25, -0.2) is 4.79 Å². The van der Waals surface area contributed by atoms with Gasteiger partial charge < -0.3 is 19.9 Å². The molecule has 6 nitrogen and oxygen atoms in total. The molecule has 1 aromatic rings. The van der Waals surface area contributed by atoms with E-state index in [1.807, 2.05) is 6.92 Å². The third-order valence-electron chi connectivity index (χ3n) is 3.77. The molecular weight excluding hydrogens is 298 g/mol. The van der Waals surface area contributed by atoms with Crippen LogP contribution in [0.1, 0.15) is 49.9 Å². The number of carboxylic acid groups (broad SMARTS) is 1. The van der Waals surface area contributed by atoms with E-state index in [-0.39, 0.29) is 0 Å². The van der Waals surface area contributed by atoms with Crippen molar-refractivity contribution in [2.24, 2.45) is 0 Å². The maximum absolute atomic E-state index is 12.3. The number of carbonyl (C=O) groups excluding carboxylic acids is 1. The van der Waals surface area contributed by atoms with Crippen LogP contribution in [-0.4, -0.2) is 35.7 Å². The van der Waals surface area contributed by atoms with Crippen molar-refractivity contribution in [3.63, 3.8) is 0 Å². The lowest BCUT2D eigenvalue weighted by Crippen LogP contribution is -2.43. The van der Waals surface area contributed by atoms with Crippen LogP contribution >= 0.6 is 0 Å². The van der Waals surface area contributed by atoms with Gasteiger partial charge in [0.2, 0.25) is 0 Å². The highest BCUT2D eigenvalue weighted by Gasteiger charge is 2.51. The number of benzene rings is 1. The molecule has 0 bridgehead atoms. The highest BCUT2D eigenvalue weighted by Crippen LogP contribution is 2.36. The Bertz CT molecular complexity index is 580. The van der Waals surface area contributed by atoms with Crippen molar-refractivity contribution in [3.05, 3.63) is 23.8 Å². The normalized spacial score (nSPS) is 14.9. The Kier molecular flexibility index (Phi) is 5.47. The van der Waals surface area contributed by atoms with Gasteiger partial charge in [0.15, 0.2) is 11.5 Å². The first-order chi connectivity index (χ1) is 11.0. The van der Waals surface area contributed by atoms with Crippen LogP contribution < -0.4 is 14.8 Å². The van der Waals surface area contributed by atoms with Crippen molar-refractivity contribution in [3.8, 4) is 11.5 Å². The van der Waals surface area contributed by atoms with Gasteiger partial charge in [0.1, 0.15) is 5.54 Å². The van der Waals surface area contributed by atoms with Crippen LogP contribution in [0.25, 0.3) is 0 Å². The monoisotopic (exact) mass is 321 g/mol. The minimum atomic E-state index is -1.10. The highest BCUT2D eigenvalue weighted by molar-refractivity contribution is 5.99. The lowest BCUT2D eigenvalue weighted by molar-refractivity contribution is -0.140. The second-order valence-corrected chi connectivity index (χ2v) is 5.64. The molecule has 1 aromatic carbocycles. The van der Waals surface area contributed by atoms with Crippen LogP contribution in [-0.2, 0) is 4.79 Å². The van der Waals surface area contributed by atoms with Crippen molar-refractivity contribution in [2.75, 3.05) is 13.2 Å². The van der Waals surface area contributed by atoms with Gasteiger partial charge in [0.25, 0.3) is 5.91 Å². The zero-order valence-corrected chi connectivity index (χ0v) is 13.6. The van der Waals surface area contributed by atoms with Crippen LogP contribution in [0.3, 0.4) is 0 Å². The average Bonchev–Trinajstić information content (AvgIpc) is 3.30. The number of carbonyl (C=O) groups is 2. The van der Waals surface area contributed by atoms with E-state index >= 15 is 0 Å². The summed E-state index contributed by atoms with van der Waals surface area (Å²) in [4.78, 5) is 23.4. The summed E-state index contributed by atoms with van der Waals surface area (Å²) in [6, 6.07) is 4.91. The van der Waals surface area contributed by atoms with Crippen LogP contribution in [0.15, 0.2) is 18.2 Å². The summed E-state index contributed by atoms with van der Waals surface area (Å²) >= 11 is 0. The summed E-state index contributed by atoms with van der Waals surface area (Å²) in [7, 11) is 0. The third-order valence-corrected chi connectivity index (χ3v) is 3.77. The Morgan fingerprint density at radius 3 is 2.52 bits per heavy atom. The first kappa shape index (κ1) is 17.1. The minimum Gasteiger partial charge on any atom is -0.490 e. The standard InChI is InChI=1S/C17H23NO5/c1-3-5-10-23-13-7-6-12(11-14(13)22-4-2)15(19)18-17(8-9-17)16(20)21/h6-7,11H,3-5,8-10H2,1-2H3,(H,18,19)(H,20,21). The van der Waals surface area contributed by atoms with Gasteiger partial charge in [0, 0.05) is 5.56 Å². The molecule has 1 fully saturated rings. The predicted octanol–water partition coefficient (Wildman–Crippen LogP) is 2.61. The van der Waals surface area contributed by atoms with Gasteiger partial charge in [0.05, 0.1) is 13.2 Å². The SMILES string of the molecule is CCCCOc1ccc(C(=O)NC2(C(=O)O)CC2)cc1OCC. The summed E-state index contributed by atoms with van der Waals surface area (Å²) < 4.78 is 11.2. The van der Waals surface area contributed by atoms with Crippen molar-refractivity contribution in [1.82, 2.24) is 5.32 Å². The molecule has 2 rings (SSSR count). The molecule has 0 atom stereocenters. The zero-order chi connectivity index (χ0) is 16.9. The molecule has 1 aliphatic carbocycles.